The summed E-state index contributed by atoms with van der Waals surface area (Å²) in [6.45, 7) is 2.89. The van der Waals surface area contributed by atoms with E-state index in [2.05, 4.69) is 6.92 Å². The number of thioether (sulfide) groups is 1. The number of nitrogens with zero attached hydrogens (tertiary/aromatic N) is 1. The Morgan fingerprint density at radius 2 is 2.26 bits per heavy atom. The zero-order valence-electron chi connectivity index (χ0n) is 10.9. The minimum atomic E-state index is 0.00977. The SMILES string of the molecule is CCCCC(=O)N1CCSC1c1cccc(Cl)c1Cl. The van der Waals surface area contributed by atoms with Gasteiger partial charge in [0.1, 0.15) is 5.37 Å². The van der Waals surface area contributed by atoms with Crippen LogP contribution in [0.3, 0.4) is 0 Å². The second-order valence-corrected chi connectivity index (χ2v) is 6.53. The van der Waals surface area contributed by atoms with E-state index in [1.54, 1.807) is 17.8 Å². The third kappa shape index (κ3) is 3.39. The number of rotatable bonds is 4. The summed E-state index contributed by atoms with van der Waals surface area (Å²) in [5, 5.41) is 1.13. The third-order valence-corrected chi connectivity index (χ3v) is 5.28. The maximum absolute atomic E-state index is 12.2. The molecule has 0 aliphatic carbocycles. The van der Waals surface area contributed by atoms with Crippen molar-refractivity contribution in [2.45, 2.75) is 31.6 Å². The quantitative estimate of drug-likeness (QED) is 0.798. The molecule has 0 aromatic heterocycles. The Labute approximate surface area is 128 Å². The van der Waals surface area contributed by atoms with Crippen LogP contribution in [-0.2, 0) is 4.79 Å². The Hall–Kier alpha value is -0.380. The standard InChI is InChI=1S/C14H17Cl2NOS/c1-2-3-7-12(18)17-8-9-19-14(17)10-5-4-6-11(15)13(10)16/h4-6,14H,2-3,7-9H2,1H3. The summed E-state index contributed by atoms with van der Waals surface area (Å²) >= 11 is 14.1. The molecule has 19 heavy (non-hydrogen) atoms. The summed E-state index contributed by atoms with van der Waals surface area (Å²) in [6, 6.07) is 5.62. The number of amides is 1. The first-order chi connectivity index (χ1) is 9.15. The number of hydrogen-bond acceptors (Lipinski definition) is 2. The van der Waals surface area contributed by atoms with Crippen molar-refractivity contribution in [3.8, 4) is 0 Å². The van der Waals surface area contributed by atoms with Crippen molar-refractivity contribution in [1.82, 2.24) is 4.90 Å². The molecular weight excluding hydrogens is 301 g/mol. The average Bonchev–Trinajstić information content (AvgIpc) is 2.88. The van der Waals surface area contributed by atoms with Crippen LogP contribution in [0.1, 0.15) is 37.1 Å². The third-order valence-electron chi connectivity index (χ3n) is 3.20. The Kier molecular flexibility index (Phi) is 5.43. The summed E-state index contributed by atoms with van der Waals surface area (Å²) in [6.07, 6.45) is 2.59. The van der Waals surface area contributed by atoms with Gasteiger partial charge in [-0.05, 0) is 12.5 Å². The highest BCUT2D eigenvalue weighted by atomic mass is 35.5. The van der Waals surface area contributed by atoms with Gasteiger partial charge in [0.05, 0.1) is 10.0 Å². The number of carbonyl (C=O) groups excluding carboxylic acids is 1. The summed E-state index contributed by atoms with van der Waals surface area (Å²) < 4.78 is 0. The highest BCUT2D eigenvalue weighted by Gasteiger charge is 2.31. The zero-order valence-corrected chi connectivity index (χ0v) is 13.2. The van der Waals surface area contributed by atoms with Crippen molar-refractivity contribution >= 4 is 40.9 Å². The normalized spacial score (nSPS) is 18.9. The molecule has 5 heteroatoms. The second kappa shape index (κ2) is 6.87. The van der Waals surface area contributed by atoms with Gasteiger partial charge in [0, 0.05) is 24.3 Å². The molecule has 0 saturated carbocycles. The van der Waals surface area contributed by atoms with Gasteiger partial charge in [-0.1, -0.05) is 48.7 Å². The van der Waals surface area contributed by atoms with Gasteiger partial charge in [0.25, 0.3) is 0 Å². The van der Waals surface area contributed by atoms with Crippen molar-refractivity contribution in [2.75, 3.05) is 12.3 Å². The van der Waals surface area contributed by atoms with Gasteiger partial charge in [-0.2, -0.15) is 0 Å². The molecule has 0 spiro atoms. The molecule has 1 aromatic carbocycles. The molecule has 1 saturated heterocycles. The van der Waals surface area contributed by atoms with E-state index in [0.717, 1.165) is 30.7 Å². The van der Waals surface area contributed by atoms with Crippen LogP contribution in [0.2, 0.25) is 10.0 Å². The fourth-order valence-corrected chi connectivity index (χ4v) is 3.95. The maximum Gasteiger partial charge on any atom is 0.223 e. The van der Waals surface area contributed by atoms with Gasteiger partial charge in [0.2, 0.25) is 5.91 Å². The molecule has 1 heterocycles. The number of benzene rings is 1. The van der Waals surface area contributed by atoms with Crippen LogP contribution in [0.15, 0.2) is 18.2 Å². The Morgan fingerprint density at radius 3 is 3.00 bits per heavy atom. The van der Waals surface area contributed by atoms with Gasteiger partial charge in [-0.25, -0.2) is 0 Å². The fraction of sp³-hybridized carbons (Fsp3) is 0.500. The van der Waals surface area contributed by atoms with Crippen molar-refractivity contribution in [3.05, 3.63) is 33.8 Å². The van der Waals surface area contributed by atoms with Crippen LogP contribution in [0.5, 0.6) is 0 Å². The predicted octanol–water partition coefficient (Wildman–Crippen LogP) is 4.76. The molecule has 1 aliphatic heterocycles. The first-order valence-electron chi connectivity index (χ1n) is 6.50. The molecule has 2 nitrogen and oxygen atoms in total. The van der Waals surface area contributed by atoms with Crippen LogP contribution in [0.4, 0.5) is 0 Å². The Balaban J connectivity index is 2.18. The summed E-state index contributed by atoms with van der Waals surface area (Å²) in [7, 11) is 0. The van der Waals surface area contributed by atoms with Crippen molar-refractivity contribution < 1.29 is 4.79 Å². The lowest BCUT2D eigenvalue weighted by Gasteiger charge is -2.25. The number of unbranched alkanes of at least 4 members (excludes halogenated alkanes) is 1. The molecule has 1 atom stereocenters. The van der Waals surface area contributed by atoms with Crippen molar-refractivity contribution in [1.29, 1.82) is 0 Å². The molecule has 0 bridgehead atoms. The van der Waals surface area contributed by atoms with E-state index in [4.69, 9.17) is 23.2 Å². The first-order valence-corrected chi connectivity index (χ1v) is 8.30. The lowest BCUT2D eigenvalue weighted by atomic mass is 10.2. The monoisotopic (exact) mass is 317 g/mol. The molecular formula is C14H17Cl2NOS. The van der Waals surface area contributed by atoms with Crippen LogP contribution in [0, 0.1) is 0 Å². The summed E-state index contributed by atoms with van der Waals surface area (Å²) in [5.74, 6) is 1.17. The number of carbonyl (C=O) groups is 1. The van der Waals surface area contributed by atoms with E-state index in [1.165, 1.54) is 0 Å². The van der Waals surface area contributed by atoms with Crippen LogP contribution < -0.4 is 0 Å². The minimum Gasteiger partial charge on any atom is -0.326 e. The van der Waals surface area contributed by atoms with Crippen LogP contribution in [0.25, 0.3) is 0 Å². The largest absolute Gasteiger partial charge is 0.326 e. The number of hydrogen-bond donors (Lipinski definition) is 0. The van der Waals surface area contributed by atoms with E-state index in [1.807, 2.05) is 17.0 Å². The molecule has 1 aliphatic rings. The van der Waals surface area contributed by atoms with Crippen LogP contribution in [-0.4, -0.2) is 23.1 Å². The molecule has 104 valence electrons. The highest BCUT2D eigenvalue weighted by molar-refractivity contribution is 7.99. The minimum absolute atomic E-state index is 0.00977. The average molecular weight is 318 g/mol. The molecule has 1 amide bonds. The molecule has 2 rings (SSSR count). The maximum atomic E-state index is 12.2. The lowest BCUT2D eigenvalue weighted by Crippen LogP contribution is -2.30. The Bertz CT molecular complexity index is 467. The topological polar surface area (TPSA) is 20.3 Å². The Morgan fingerprint density at radius 1 is 1.47 bits per heavy atom. The van der Waals surface area contributed by atoms with E-state index in [9.17, 15) is 4.79 Å². The van der Waals surface area contributed by atoms with E-state index in [0.29, 0.717) is 16.5 Å². The second-order valence-electron chi connectivity index (χ2n) is 4.56. The molecule has 1 unspecified atom stereocenters. The molecule has 1 fully saturated rings. The lowest BCUT2D eigenvalue weighted by molar-refractivity contribution is -0.131. The van der Waals surface area contributed by atoms with Gasteiger partial charge < -0.3 is 4.90 Å². The van der Waals surface area contributed by atoms with Crippen molar-refractivity contribution in [2.24, 2.45) is 0 Å². The molecule has 0 N–H and O–H groups in total. The van der Waals surface area contributed by atoms with Crippen molar-refractivity contribution in [3.63, 3.8) is 0 Å². The molecule has 0 radical (unpaired) electrons. The van der Waals surface area contributed by atoms with Gasteiger partial charge in [0.15, 0.2) is 0 Å². The summed E-state index contributed by atoms with van der Waals surface area (Å²) in [4.78, 5) is 14.1. The van der Waals surface area contributed by atoms with Gasteiger partial charge >= 0.3 is 0 Å². The first kappa shape index (κ1) is 15.0. The van der Waals surface area contributed by atoms with E-state index < -0.39 is 0 Å². The number of halogens is 2. The van der Waals surface area contributed by atoms with Gasteiger partial charge in [-0.15, -0.1) is 11.8 Å². The van der Waals surface area contributed by atoms with E-state index >= 15 is 0 Å². The summed E-state index contributed by atoms with van der Waals surface area (Å²) in [5.41, 5.74) is 0.946. The van der Waals surface area contributed by atoms with E-state index in [-0.39, 0.29) is 11.3 Å². The molecule has 1 aromatic rings. The van der Waals surface area contributed by atoms with Gasteiger partial charge in [-0.3, -0.25) is 4.79 Å². The highest BCUT2D eigenvalue weighted by Crippen LogP contribution is 2.42. The fourth-order valence-electron chi connectivity index (χ4n) is 2.17. The van der Waals surface area contributed by atoms with Crippen LogP contribution >= 0.6 is 35.0 Å². The predicted molar refractivity (Wildman–Crippen MR) is 82.9 cm³/mol. The zero-order chi connectivity index (χ0) is 13.8. The smallest absolute Gasteiger partial charge is 0.223 e.